The van der Waals surface area contributed by atoms with Crippen molar-refractivity contribution in [1.82, 2.24) is 9.62 Å². The van der Waals surface area contributed by atoms with Crippen LogP contribution >= 0.6 is 0 Å². The van der Waals surface area contributed by atoms with Crippen molar-refractivity contribution in [3.63, 3.8) is 0 Å². The molecule has 0 aromatic heterocycles. The lowest BCUT2D eigenvalue weighted by Crippen LogP contribution is -2.52. The zero-order valence-corrected chi connectivity index (χ0v) is 13.4. The average Bonchev–Trinajstić information content (AvgIpc) is 2.56. The molecular formula is C17H20N2O2S. The summed E-state index contributed by atoms with van der Waals surface area (Å²) >= 11 is 0. The summed E-state index contributed by atoms with van der Waals surface area (Å²) in [7, 11) is -3.50. The van der Waals surface area contributed by atoms with Crippen molar-refractivity contribution in [1.29, 1.82) is 0 Å². The van der Waals surface area contributed by atoms with Crippen LogP contribution in [0.2, 0.25) is 0 Å². The Hall–Kier alpha value is -1.69. The lowest BCUT2D eigenvalue weighted by atomic mass is 10.1. The Morgan fingerprint density at radius 2 is 1.73 bits per heavy atom. The van der Waals surface area contributed by atoms with Gasteiger partial charge in [0.2, 0.25) is 10.0 Å². The number of hydrogen-bond acceptors (Lipinski definition) is 3. The molecule has 0 amide bonds. The average molecular weight is 316 g/mol. The van der Waals surface area contributed by atoms with Crippen molar-refractivity contribution in [3.05, 3.63) is 54.6 Å². The molecule has 22 heavy (non-hydrogen) atoms. The molecule has 3 rings (SSSR count). The van der Waals surface area contributed by atoms with Crippen molar-refractivity contribution in [2.75, 3.05) is 19.6 Å². The zero-order valence-electron chi connectivity index (χ0n) is 12.6. The van der Waals surface area contributed by atoms with Gasteiger partial charge in [-0.25, -0.2) is 8.42 Å². The lowest BCUT2D eigenvalue weighted by Gasteiger charge is -2.33. The maximum absolute atomic E-state index is 13.1. The highest BCUT2D eigenvalue weighted by Crippen LogP contribution is 2.30. The van der Waals surface area contributed by atoms with Crippen LogP contribution in [0.4, 0.5) is 0 Å². The molecule has 0 spiro atoms. The molecule has 1 saturated heterocycles. The number of piperazine rings is 1. The molecule has 0 saturated carbocycles. The van der Waals surface area contributed by atoms with Gasteiger partial charge in [0.25, 0.3) is 0 Å². The third kappa shape index (κ3) is 2.79. The highest BCUT2D eigenvalue weighted by atomic mass is 32.2. The second-order valence-electron chi connectivity index (χ2n) is 5.53. The molecule has 0 radical (unpaired) electrons. The van der Waals surface area contributed by atoms with Gasteiger partial charge in [0.05, 0.1) is 4.90 Å². The van der Waals surface area contributed by atoms with Gasteiger partial charge in [-0.2, -0.15) is 4.31 Å². The Morgan fingerprint density at radius 1 is 1.05 bits per heavy atom. The van der Waals surface area contributed by atoms with E-state index in [1.807, 2.05) is 49.4 Å². The van der Waals surface area contributed by atoms with Crippen molar-refractivity contribution in [3.8, 4) is 11.1 Å². The number of hydrogen-bond donors (Lipinski definition) is 1. The summed E-state index contributed by atoms with van der Waals surface area (Å²) in [5.41, 5.74) is 1.68. The molecule has 1 fully saturated rings. The van der Waals surface area contributed by atoms with Crippen LogP contribution in [0.25, 0.3) is 11.1 Å². The molecule has 4 nitrogen and oxygen atoms in total. The van der Waals surface area contributed by atoms with Crippen LogP contribution in [0.3, 0.4) is 0 Å². The van der Waals surface area contributed by atoms with Crippen molar-refractivity contribution >= 4 is 10.0 Å². The molecule has 2 aromatic rings. The molecule has 1 atom stereocenters. The van der Waals surface area contributed by atoms with E-state index >= 15 is 0 Å². The minimum Gasteiger partial charge on any atom is -0.314 e. The lowest BCUT2D eigenvalue weighted by molar-refractivity contribution is 0.284. The Kier molecular flexibility index (Phi) is 4.29. The van der Waals surface area contributed by atoms with Crippen molar-refractivity contribution in [2.24, 2.45) is 0 Å². The number of nitrogens with zero attached hydrogens (tertiary/aromatic N) is 1. The van der Waals surface area contributed by atoms with Gasteiger partial charge < -0.3 is 5.32 Å². The van der Waals surface area contributed by atoms with Crippen LogP contribution in [0.15, 0.2) is 59.5 Å². The van der Waals surface area contributed by atoms with E-state index in [4.69, 9.17) is 0 Å². The zero-order chi connectivity index (χ0) is 15.6. The van der Waals surface area contributed by atoms with E-state index in [1.165, 1.54) is 0 Å². The summed E-state index contributed by atoms with van der Waals surface area (Å²) in [6.07, 6.45) is 0. The SMILES string of the molecule is CC1CNCCN1S(=O)(=O)c1ccccc1-c1ccccc1. The maximum atomic E-state index is 13.1. The third-order valence-corrected chi connectivity index (χ3v) is 6.07. The fourth-order valence-electron chi connectivity index (χ4n) is 2.85. The van der Waals surface area contributed by atoms with E-state index in [0.717, 1.165) is 11.1 Å². The highest BCUT2D eigenvalue weighted by molar-refractivity contribution is 7.89. The first-order valence-electron chi connectivity index (χ1n) is 7.48. The van der Waals surface area contributed by atoms with Crippen LogP contribution < -0.4 is 5.32 Å². The molecule has 1 aliphatic rings. The van der Waals surface area contributed by atoms with Gasteiger partial charge in [0, 0.05) is 31.2 Å². The number of benzene rings is 2. The van der Waals surface area contributed by atoms with E-state index < -0.39 is 10.0 Å². The Morgan fingerprint density at radius 3 is 2.45 bits per heavy atom. The van der Waals surface area contributed by atoms with E-state index in [1.54, 1.807) is 16.4 Å². The molecule has 0 aliphatic carbocycles. The minimum atomic E-state index is -3.50. The summed E-state index contributed by atoms with van der Waals surface area (Å²) in [4.78, 5) is 0.384. The van der Waals surface area contributed by atoms with Gasteiger partial charge in [-0.3, -0.25) is 0 Å². The minimum absolute atomic E-state index is 0.0393. The van der Waals surface area contributed by atoms with Gasteiger partial charge in [-0.05, 0) is 18.6 Å². The van der Waals surface area contributed by atoms with Gasteiger partial charge in [-0.1, -0.05) is 48.5 Å². The molecule has 1 aliphatic heterocycles. The number of sulfonamides is 1. The first-order chi connectivity index (χ1) is 10.6. The number of rotatable bonds is 3. The molecule has 1 unspecified atom stereocenters. The second-order valence-corrected chi connectivity index (χ2v) is 7.39. The first kappa shape index (κ1) is 15.2. The van der Waals surface area contributed by atoms with Gasteiger partial charge in [0.15, 0.2) is 0 Å². The van der Waals surface area contributed by atoms with Crippen LogP contribution in [0.1, 0.15) is 6.92 Å². The molecule has 0 bridgehead atoms. The predicted molar refractivity (Wildman–Crippen MR) is 88.1 cm³/mol. The molecule has 1 N–H and O–H groups in total. The highest BCUT2D eigenvalue weighted by Gasteiger charge is 2.32. The molecule has 2 aromatic carbocycles. The Labute approximate surface area is 131 Å². The quantitative estimate of drug-likeness (QED) is 0.945. The molecule has 5 heteroatoms. The molecular weight excluding hydrogens is 296 g/mol. The summed E-state index contributed by atoms with van der Waals surface area (Å²) < 4.78 is 27.8. The topological polar surface area (TPSA) is 49.4 Å². The smallest absolute Gasteiger partial charge is 0.244 e. The normalized spacial score (nSPS) is 20.0. The van der Waals surface area contributed by atoms with Gasteiger partial charge in [0.1, 0.15) is 0 Å². The standard InChI is InChI=1S/C17H20N2O2S/c1-14-13-18-11-12-19(14)22(20,21)17-10-6-5-9-16(17)15-7-3-2-4-8-15/h2-10,14,18H,11-13H2,1H3. The Balaban J connectivity index is 2.08. The molecule has 116 valence electrons. The summed E-state index contributed by atoms with van der Waals surface area (Å²) in [6.45, 7) is 3.82. The van der Waals surface area contributed by atoms with E-state index in [9.17, 15) is 8.42 Å². The van der Waals surface area contributed by atoms with Gasteiger partial charge >= 0.3 is 0 Å². The second kappa shape index (κ2) is 6.20. The van der Waals surface area contributed by atoms with E-state index in [-0.39, 0.29) is 6.04 Å². The monoisotopic (exact) mass is 316 g/mol. The van der Waals surface area contributed by atoms with Gasteiger partial charge in [-0.15, -0.1) is 0 Å². The van der Waals surface area contributed by atoms with E-state index in [0.29, 0.717) is 24.5 Å². The summed E-state index contributed by atoms with van der Waals surface area (Å²) in [5, 5.41) is 3.23. The third-order valence-electron chi connectivity index (χ3n) is 4.00. The van der Waals surface area contributed by atoms with Crippen LogP contribution in [-0.2, 0) is 10.0 Å². The van der Waals surface area contributed by atoms with Crippen LogP contribution in [0.5, 0.6) is 0 Å². The summed E-state index contributed by atoms with van der Waals surface area (Å²) in [5.74, 6) is 0. The van der Waals surface area contributed by atoms with Crippen molar-refractivity contribution in [2.45, 2.75) is 17.9 Å². The summed E-state index contributed by atoms with van der Waals surface area (Å²) in [6, 6.07) is 16.8. The predicted octanol–water partition coefficient (Wildman–Crippen LogP) is 2.34. The maximum Gasteiger partial charge on any atom is 0.244 e. The van der Waals surface area contributed by atoms with Crippen molar-refractivity contribution < 1.29 is 8.42 Å². The fraction of sp³-hybridized carbons (Fsp3) is 0.294. The molecule has 1 heterocycles. The Bertz CT molecular complexity index is 744. The largest absolute Gasteiger partial charge is 0.314 e. The van der Waals surface area contributed by atoms with E-state index in [2.05, 4.69) is 5.32 Å². The first-order valence-corrected chi connectivity index (χ1v) is 8.92. The fourth-order valence-corrected chi connectivity index (χ4v) is 4.70. The number of nitrogens with one attached hydrogen (secondary N) is 1. The van der Waals surface area contributed by atoms with Crippen LogP contribution in [0, 0.1) is 0 Å². The van der Waals surface area contributed by atoms with Crippen LogP contribution in [-0.4, -0.2) is 38.4 Å².